The molecule has 1 spiro atoms. The van der Waals surface area contributed by atoms with Crippen LogP contribution in [0.5, 0.6) is 11.5 Å². The molecule has 5 heteroatoms. The average molecular weight is 380 g/mol. The van der Waals surface area contributed by atoms with Crippen molar-refractivity contribution in [1.29, 1.82) is 0 Å². The van der Waals surface area contributed by atoms with E-state index < -0.39 is 0 Å². The molecular weight excluding hydrogens is 350 g/mol. The van der Waals surface area contributed by atoms with Crippen LogP contribution in [-0.2, 0) is 0 Å². The Morgan fingerprint density at radius 1 is 1.14 bits per heavy atom. The van der Waals surface area contributed by atoms with Gasteiger partial charge in [-0.25, -0.2) is 0 Å². The van der Waals surface area contributed by atoms with Crippen molar-refractivity contribution in [3.05, 3.63) is 59.7 Å². The van der Waals surface area contributed by atoms with Crippen molar-refractivity contribution in [2.45, 2.75) is 37.9 Å². The number of aliphatic imine (C=N–C) groups is 1. The van der Waals surface area contributed by atoms with E-state index in [9.17, 15) is 5.11 Å². The molecule has 2 heterocycles. The fraction of sp³-hybridized carbons (Fsp3) is 0.435. The topological polar surface area (TPSA) is 57.1 Å². The van der Waals surface area contributed by atoms with Gasteiger partial charge in [0.25, 0.3) is 0 Å². The summed E-state index contributed by atoms with van der Waals surface area (Å²) in [6, 6.07) is 16.2. The number of rotatable bonds is 4. The van der Waals surface area contributed by atoms with Crippen LogP contribution in [0.25, 0.3) is 0 Å². The minimum Gasteiger partial charge on any atom is -0.504 e. The largest absolute Gasteiger partial charge is 0.504 e. The fourth-order valence-corrected chi connectivity index (χ4v) is 4.24. The fourth-order valence-electron chi connectivity index (χ4n) is 4.24. The Kier molecular flexibility index (Phi) is 5.38. The first-order valence-electron chi connectivity index (χ1n) is 10.2. The van der Waals surface area contributed by atoms with Crippen LogP contribution >= 0.6 is 0 Å². The molecule has 1 fully saturated rings. The molecule has 0 radical (unpaired) electrons. The molecule has 2 aliphatic heterocycles. The van der Waals surface area contributed by atoms with Gasteiger partial charge < -0.3 is 14.7 Å². The Balaban J connectivity index is 1.72. The lowest BCUT2D eigenvalue weighted by Gasteiger charge is -2.44. The van der Waals surface area contributed by atoms with Crippen molar-refractivity contribution in [3.8, 4) is 11.5 Å². The lowest BCUT2D eigenvalue weighted by Crippen LogP contribution is -2.55. The molecule has 2 aromatic rings. The number of piperidine rings is 1. The van der Waals surface area contributed by atoms with Crippen molar-refractivity contribution in [2.75, 3.05) is 26.7 Å². The summed E-state index contributed by atoms with van der Waals surface area (Å²) in [5.41, 5.74) is 2.87. The predicted molar refractivity (Wildman–Crippen MR) is 112 cm³/mol. The average Bonchev–Trinajstić information content (AvgIpc) is 2.72. The first-order valence-corrected chi connectivity index (χ1v) is 10.2. The van der Waals surface area contributed by atoms with Crippen molar-refractivity contribution in [1.82, 2.24) is 10.2 Å². The number of benzene rings is 2. The summed E-state index contributed by atoms with van der Waals surface area (Å²) < 4.78 is 5.62. The van der Waals surface area contributed by atoms with E-state index in [0.717, 1.165) is 49.2 Å². The van der Waals surface area contributed by atoms with Gasteiger partial charge in [-0.1, -0.05) is 42.5 Å². The summed E-state index contributed by atoms with van der Waals surface area (Å²) >= 11 is 0. The molecule has 0 amide bonds. The molecule has 5 nitrogen and oxygen atoms in total. The number of likely N-dealkylation sites (tertiary alicyclic amines) is 1. The second kappa shape index (κ2) is 7.94. The quantitative estimate of drug-likeness (QED) is 0.850. The second-order valence-electron chi connectivity index (χ2n) is 7.79. The van der Waals surface area contributed by atoms with E-state index in [1.165, 1.54) is 0 Å². The summed E-state index contributed by atoms with van der Waals surface area (Å²) in [7, 11) is 2.16. The van der Waals surface area contributed by atoms with E-state index in [1.54, 1.807) is 0 Å². The summed E-state index contributed by atoms with van der Waals surface area (Å²) in [5, 5.41) is 14.6. The zero-order valence-electron chi connectivity index (χ0n) is 16.7. The lowest BCUT2D eigenvalue weighted by atomic mass is 9.87. The first kappa shape index (κ1) is 19.0. The normalized spacial score (nSPS) is 22.1. The molecule has 4 rings (SSSR count). The van der Waals surface area contributed by atoms with Crippen molar-refractivity contribution < 1.29 is 9.84 Å². The van der Waals surface area contributed by atoms with E-state index in [-0.39, 0.29) is 17.5 Å². The predicted octanol–water partition coefficient (Wildman–Crippen LogP) is 3.74. The number of ether oxygens (including phenoxy) is 1. The molecule has 0 aromatic heterocycles. The van der Waals surface area contributed by atoms with Gasteiger partial charge in [-0.3, -0.25) is 10.3 Å². The zero-order valence-corrected chi connectivity index (χ0v) is 16.7. The molecular formula is C23H29N3O2. The minimum atomic E-state index is -0.283. The van der Waals surface area contributed by atoms with Gasteiger partial charge in [-0.2, -0.15) is 0 Å². The van der Waals surface area contributed by atoms with Gasteiger partial charge in [0.05, 0.1) is 6.61 Å². The summed E-state index contributed by atoms with van der Waals surface area (Å²) in [6.45, 7) is 4.48. The third-order valence-corrected chi connectivity index (χ3v) is 5.82. The van der Waals surface area contributed by atoms with Crippen LogP contribution in [0, 0.1) is 0 Å². The van der Waals surface area contributed by atoms with Gasteiger partial charge in [0.2, 0.25) is 0 Å². The molecule has 0 aliphatic carbocycles. The number of nitrogens with one attached hydrogen (secondary N) is 1. The maximum Gasteiger partial charge on any atom is 0.162 e. The number of hydrogen-bond acceptors (Lipinski definition) is 5. The van der Waals surface area contributed by atoms with Gasteiger partial charge in [0.15, 0.2) is 11.5 Å². The Hall–Kier alpha value is -2.37. The summed E-state index contributed by atoms with van der Waals surface area (Å²) in [6.07, 6.45) is 2.66. The number of hydrogen-bond donors (Lipinski definition) is 2. The highest BCUT2D eigenvalue weighted by Crippen LogP contribution is 2.40. The van der Waals surface area contributed by atoms with E-state index in [1.807, 2.05) is 31.2 Å². The molecule has 28 heavy (non-hydrogen) atoms. The number of aromatic hydroxyl groups is 1. The molecule has 2 aromatic carbocycles. The first-order chi connectivity index (χ1) is 13.6. The Bertz CT molecular complexity index is 842. The van der Waals surface area contributed by atoms with E-state index in [4.69, 9.17) is 9.73 Å². The Morgan fingerprint density at radius 3 is 2.61 bits per heavy atom. The number of para-hydroxylation sites is 1. The van der Waals surface area contributed by atoms with Crippen molar-refractivity contribution >= 4 is 5.71 Å². The van der Waals surface area contributed by atoms with Crippen LogP contribution in [0.4, 0.5) is 0 Å². The third kappa shape index (κ3) is 3.77. The number of nitrogens with zero attached hydrogens (tertiary/aromatic N) is 2. The van der Waals surface area contributed by atoms with Crippen LogP contribution in [-0.4, -0.2) is 48.1 Å². The summed E-state index contributed by atoms with van der Waals surface area (Å²) in [5.74, 6) is 0.780. The smallest absolute Gasteiger partial charge is 0.162 e. The van der Waals surface area contributed by atoms with Gasteiger partial charge in [-0.15, -0.1) is 0 Å². The SMILES string of the molecule is CCOc1cccc([C@H]2CC(c3ccccc3)=NC3(CCN(C)CC3)N2)c1O. The maximum atomic E-state index is 10.8. The highest BCUT2D eigenvalue weighted by atomic mass is 16.5. The van der Waals surface area contributed by atoms with Gasteiger partial charge in [0, 0.05) is 36.8 Å². The van der Waals surface area contributed by atoms with Crippen molar-refractivity contribution in [2.24, 2.45) is 4.99 Å². The highest BCUT2D eigenvalue weighted by Gasteiger charge is 2.40. The highest BCUT2D eigenvalue weighted by molar-refractivity contribution is 6.01. The van der Waals surface area contributed by atoms with Crippen LogP contribution in [0.1, 0.15) is 43.4 Å². The van der Waals surface area contributed by atoms with Crippen LogP contribution in [0.3, 0.4) is 0 Å². The number of phenols is 1. The summed E-state index contributed by atoms with van der Waals surface area (Å²) in [4.78, 5) is 7.56. The van der Waals surface area contributed by atoms with Crippen LogP contribution in [0.2, 0.25) is 0 Å². The molecule has 0 unspecified atom stereocenters. The Labute approximate surface area is 167 Å². The van der Waals surface area contributed by atoms with E-state index >= 15 is 0 Å². The van der Waals surface area contributed by atoms with Gasteiger partial charge >= 0.3 is 0 Å². The molecule has 1 atom stereocenters. The third-order valence-electron chi connectivity index (χ3n) is 5.82. The number of phenolic OH excluding ortho intramolecular Hbond substituents is 1. The van der Waals surface area contributed by atoms with Crippen LogP contribution in [0.15, 0.2) is 53.5 Å². The molecule has 0 saturated carbocycles. The Morgan fingerprint density at radius 2 is 1.89 bits per heavy atom. The monoisotopic (exact) mass is 379 g/mol. The van der Waals surface area contributed by atoms with E-state index in [0.29, 0.717) is 12.4 Å². The molecule has 2 aliphatic rings. The van der Waals surface area contributed by atoms with E-state index in [2.05, 4.69) is 41.5 Å². The molecule has 0 bridgehead atoms. The minimum absolute atomic E-state index is 0.00322. The zero-order chi connectivity index (χ0) is 19.6. The lowest BCUT2D eigenvalue weighted by molar-refractivity contribution is 0.144. The molecule has 2 N–H and O–H groups in total. The van der Waals surface area contributed by atoms with Crippen LogP contribution < -0.4 is 10.1 Å². The van der Waals surface area contributed by atoms with Gasteiger partial charge in [0.1, 0.15) is 5.66 Å². The van der Waals surface area contributed by atoms with Gasteiger partial charge in [-0.05, 0) is 38.4 Å². The molecule has 1 saturated heterocycles. The van der Waals surface area contributed by atoms with Crippen molar-refractivity contribution in [3.63, 3.8) is 0 Å². The second-order valence-corrected chi connectivity index (χ2v) is 7.79. The maximum absolute atomic E-state index is 10.8. The standard InChI is InChI=1S/C23H29N3O2/c1-3-28-21-11-7-10-18(22(21)27)20-16-19(17-8-5-4-6-9-17)24-23(25-20)12-14-26(2)15-13-23/h4-11,20,25,27H,3,12-16H2,1-2H3/t20-/m1/s1. The molecule has 148 valence electrons.